The predicted octanol–water partition coefficient (Wildman–Crippen LogP) is 2.29. The molecule has 6 nitrogen and oxygen atoms in total. The Labute approximate surface area is 146 Å². The smallest absolute Gasteiger partial charge is 0.329 e. The van der Waals surface area contributed by atoms with E-state index >= 15 is 0 Å². The van der Waals surface area contributed by atoms with Crippen LogP contribution in [0.5, 0.6) is 0 Å². The van der Waals surface area contributed by atoms with E-state index < -0.39 is 23.8 Å². The first kappa shape index (κ1) is 17.4. The van der Waals surface area contributed by atoms with Crippen LogP contribution in [0.1, 0.15) is 33.6 Å². The van der Waals surface area contributed by atoms with E-state index in [4.69, 9.17) is 0 Å². The van der Waals surface area contributed by atoms with Gasteiger partial charge in [-0.25, -0.2) is 14.1 Å². The fourth-order valence-corrected chi connectivity index (χ4v) is 3.37. The molecular weight excluding hydrogens is 325 g/mol. The van der Waals surface area contributed by atoms with Crippen LogP contribution in [0.25, 0.3) is 0 Å². The summed E-state index contributed by atoms with van der Waals surface area (Å²) in [5.74, 6) is -0.988. The van der Waals surface area contributed by atoms with Crippen LogP contribution in [0, 0.1) is 11.2 Å². The van der Waals surface area contributed by atoms with E-state index in [1.807, 2.05) is 20.8 Å². The summed E-state index contributed by atoms with van der Waals surface area (Å²) < 4.78 is 13.1. The van der Waals surface area contributed by atoms with Crippen molar-refractivity contribution in [1.29, 1.82) is 0 Å². The molecule has 1 aromatic rings. The van der Waals surface area contributed by atoms with Crippen LogP contribution in [-0.4, -0.2) is 41.4 Å². The first-order valence-electron chi connectivity index (χ1n) is 8.37. The molecule has 3 rings (SSSR count). The average Bonchev–Trinajstić information content (AvgIpc) is 2.91. The number of rotatable bonds is 2. The SMILES string of the molecule is CC(C)(C)CC(=O)N1CC[C@H]2NC(=O)N(c3ccc(F)cc3)C(=O)[C@H]21. The Balaban J connectivity index is 1.86. The van der Waals surface area contributed by atoms with Crippen molar-refractivity contribution >= 4 is 23.5 Å². The molecule has 2 aliphatic heterocycles. The molecule has 2 saturated heterocycles. The first-order chi connectivity index (χ1) is 11.7. The first-order valence-corrected chi connectivity index (χ1v) is 8.37. The number of nitrogens with one attached hydrogen (secondary N) is 1. The van der Waals surface area contributed by atoms with Gasteiger partial charge in [0.2, 0.25) is 5.91 Å². The van der Waals surface area contributed by atoms with E-state index in [9.17, 15) is 18.8 Å². The molecule has 4 amide bonds. The van der Waals surface area contributed by atoms with Gasteiger partial charge in [-0.15, -0.1) is 0 Å². The summed E-state index contributed by atoms with van der Waals surface area (Å²) in [5.41, 5.74) is 0.102. The number of fused-ring (bicyclic) bond motifs is 1. The minimum atomic E-state index is -0.711. The standard InChI is InChI=1S/C18H22FN3O3/c1-18(2,3)10-14(23)21-9-8-13-15(21)16(24)22(17(25)20-13)12-6-4-11(19)5-7-12/h4-7,13,15H,8-10H2,1-3H3,(H,20,25)/t13-,15+/m1/s1. The number of imide groups is 1. The second kappa shape index (κ2) is 6.13. The van der Waals surface area contributed by atoms with Gasteiger partial charge in [-0.1, -0.05) is 20.8 Å². The molecule has 1 aromatic carbocycles. The van der Waals surface area contributed by atoms with Gasteiger partial charge in [-0.05, 0) is 36.1 Å². The molecule has 2 aliphatic rings. The number of benzene rings is 1. The third kappa shape index (κ3) is 3.36. The van der Waals surface area contributed by atoms with Crippen molar-refractivity contribution < 1.29 is 18.8 Å². The van der Waals surface area contributed by atoms with Crippen molar-refractivity contribution in [2.24, 2.45) is 5.41 Å². The van der Waals surface area contributed by atoms with Gasteiger partial charge in [0.1, 0.15) is 11.9 Å². The Morgan fingerprint density at radius 2 is 1.88 bits per heavy atom. The summed E-state index contributed by atoms with van der Waals surface area (Å²) in [5, 5.41) is 2.80. The third-order valence-corrected chi connectivity index (χ3v) is 4.47. The quantitative estimate of drug-likeness (QED) is 0.892. The maximum atomic E-state index is 13.1. The molecule has 7 heteroatoms. The number of urea groups is 1. The van der Waals surface area contributed by atoms with Crippen molar-refractivity contribution in [3.8, 4) is 0 Å². The fraction of sp³-hybridized carbons (Fsp3) is 0.500. The van der Waals surface area contributed by atoms with Crippen molar-refractivity contribution in [2.45, 2.75) is 45.7 Å². The van der Waals surface area contributed by atoms with Gasteiger partial charge >= 0.3 is 6.03 Å². The maximum absolute atomic E-state index is 13.1. The second-order valence-electron chi connectivity index (χ2n) is 7.76. The topological polar surface area (TPSA) is 69.7 Å². The van der Waals surface area contributed by atoms with Crippen LogP contribution in [0.2, 0.25) is 0 Å². The molecule has 0 aromatic heterocycles. The molecule has 0 unspecified atom stereocenters. The zero-order chi connectivity index (χ0) is 18.4. The summed E-state index contributed by atoms with van der Waals surface area (Å²) >= 11 is 0. The molecule has 25 heavy (non-hydrogen) atoms. The van der Waals surface area contributed by atoms with Gasteiger partial charge in [-0.2, -0.15) is 0 Å². The summed E-state index contributed by atoms with van der Waals surface area (Å²) in [6.45, 7) is 6.34. The van der Waals surface area contributed by atoms with Gasteiger partial charge in [0.15, 0.2) is 0 Å². The highest BCUT2D eigenvalue weighted by atomic mass is 19.1. The van der Waals surface area contributed by atoms with Crippen LogP contribution in [-0.2, 0) is 9.59 Å². The zero-order valence-corrected chi connectivity index (χ0v) is 14.6. The number of carbonyl (C=O) groups excluding carboxylic acids is 3. The molecule has 0 spiro atoms. The maximum Gasteiger partial charge on any atom is 0.329 e. The van der Waals surface area contributed by atoms with E-state index in [-0.39, 0.29) is 23.1 Å². The number of amides is 4. The Kier molecular flexibility index (Phi) is 4.26. The van der Waals surface area contributed by atoms with Crippen LogP contribution in [0.15, 0.2) is 24.3 Å². The highest BCUT2D eigenvalue weighted by Crippen LogP contribution is 2.30. The molecule has 2 heterocycles. The minimum Gasteiger partial charge on any atom is -0.332 e. The van der Waals surface area contributed by atoms with Gasteiger partial charge in [0.05, 0.1) is 11.7 Å². The average molecular weight is 347 g/mol. The largest absolute Gasteiger partial charge is 0.332 e. The Morgan fingerprint density at radius 3 is 2.48 bits per heavy atom. The van der Waals surface area contributed by atoms with Gasteiger partial charge in [0, 0.05) is 13.0 Å². The monoisotopic (exact) mass is 347 g/mol. The highest BCUT2D eigenvalue weighted by molar-refractivity contribution is 6.19. The summed E-state index contributed by atoms with van der Waals surface area (Å²) in [4.78, 5) is 40.5. The molecule has 2 fully saturated rings. The summed E-state index contributed by atoms with van der Waals surface area (Å²) in [6.07, 6.45) is 0.878. The Bertz CT molecular complexity index is 711. The normalized spacial score (nSPS) is 23.5. The highest BCUT2D eigenvalue weighted by Gasteiger charge is 2.50. The fourth-order valence-electron chi connectivity index (χ4n) is 3.37. The number of carbonyl (C=O) groups is 3. The van der Waals surface area contributed by atoms with Gasteiger partial charge < -0.3 is 10.2 Å². The molecule has 0 saturated carbocycles. The van der Waals surface area contributed by atoms with Crippen molar-refractivity contribution in [3.63, 3.8) is 0 Å². The molecule has 1 N–H and O–H groups in total. The predicted molar refractivity (Wildman–Crippen MR) is 90.4 cm³/mol. The minimum absolute atomic E-state index is 0.0939. The molecule has 0 bridgehead atoms. The number of nitrogens with zero attached hydrogens (tertiary/aromatic N) is 2. The van der Waals surface area contributed by atoms with Crippen LogP contribution in [0.3, 0.4) is 0 Å². The summed E-state index contributed by atoms with van der Waals surface area (Å²) in [7, 11) is 0. The molecule has 134 valence electrons. The van der Waals surface area contributed by atoms with Crippen LogP contribution >= 0.6 is 0 Å². The molecule has 2 atom stereocenters. The summed E-state index contributed by atoms with van der Waals surface area (Å²) in [6, 6.07) is 3.52. The number of likely N-dealkylation sites (tertiary alicyclic amines) is 1. The number of anilines is 1. The molecule has 0 radical (unpaired) electrons. The van der Waals surface area contributed by atoms with E-state index in [0.717, 1.165) is 4.90 Å². The van der Waals surface area contributed by atoms with E-state index in [1.165, 1.54) is 24.3 Å². The molecule has 0 aliphatic carbocycles. The number of halogens is 1. The lowest BCUT2D eigenvalue weighted by molar-refractivity contribution is -0.139. The van der Waals surface area contributed by atoms with Gasteiger partial charge in [0.25, 0.3) is 5.91 Å². The van der Waals surface area contributed by atoms with Crippen molar-refractivity contribution in [3.05, 3.63) is 30.1 Å². The van der Waals surface area contributed by atoms with Crippen LogP contribution in [0.4, 0.5) is 14.9 Å². The van der Waals surface area contributed by atoms with E-state index in [1.54, 1.807) is 4.90 Å². The zero-order valence-electron chi connectivity index (χ0n) is 14.6. The third-order valence-electron chi connectivity index (χ3n) is 4.47. The van der Waals surface area contributed by atoms with Crippen LogP contribution < -0.4 is 10.2 Å². The Morgan fingerprint density at radius 1 is 1.24 bits per heavy atom. The molecular formula is C18H22FN3O3. The number of hydrogen-bond donors (Lipinski definition) is 1. The number of hydrogen-bond acceptors (Lipinski definition) is 3. The second-order valence-corrected chi connectivity index (χ2v) is 7.76. The lowest BCUT2D eigenvalue weighted by Crippen LogP contribution is -2.65. The van der Waals surface area contributed by atoms with E-state index in [2.05, 4.69) is 5.32 Å². The lowest BCUT2D eigenvalue weighted by Gasteiger charge is -2.37. The van der Waals surface area contributed by atoms with E-state index in [0.29, 0.717) is 19.4 Å². The lowest BCUT2D eigenvalue weighted by atomic mass is 9.91. The van der Waals surface area contributed by atoms with Crippen molar-refractivity contribution in [2.75, 3.05) is 11.4 Å². The Hall–Kier alpha value is -2.44. The van der Waals surface area contributed by atoms with Gasteiger partial charge in [-0.3, -0.25) is 9.59 Å². The van der Waals surface area contributed by atoms with Crippen molar-refractivity contribution in [1.82, 2.24) is 10.2 Å².